The van der Waals surface area contributed by atoms with E-state index in [2.05, 4.69) is 0 Å². The van der Waals surface area contributed by atoms with Crippen LogP contribution in [0.5, 0.6) is 5.75 Å². The molecule has 0 N–H and O–H groups in total. The number of nitriles is 1. The second kappa shape index (κ2) is 5.81. The summed E-state index contributed by atoms with van der Waals surface area (Å²) in [5.74, 6) is -0.190. The molecule has 4 nitrogen and oxygen atoms in total. The molecule has 0 radical (unpaired) electrons. The molecule has 98 valence electrons. The third-order valence-electron chi connectivity index (χ3n) is 2.72. The van der Waals surface area contributed by atoms with Crippen LogP contribution in [0.25, 0.3) is 0 Å². The summed E-state index contributed by atoms with van der Waals surface area (Å²) >= 11 is 0. The van der Waals surface area contributed by atoms with Gasteiger partial charge in [-0.25, -0.2) is 4.79 Å². The number of hydrogen-bond donors (Lipinski definition) is 0. The first-order valence-electron chi connectivity index (χ1n) is 5.93. The molecule has 0 amide bonds. The van der Waals surface area contributed by atoms with Crippen LogP contribution in [-0.4, -0.2) is 11.8 Å². The Bertz CT molecular complexity index is 679. The average Bonchev–Trinajstić information content (AvgIpc) is 2.48. The number of rotatable bonds is 3. The first kappa shape index (κ1) is 13.5. The molecular formula is C16H11NO3. The quantitative estimate of drug-likeness (QED) is 0.486. The maximum absolute atomic E-state index is 11.9. The number of ether oxygens (including phenoxy) is 1. The van der Waals surface area contributed by atoms with Gasteiger partial charge in [-0.15, -0.1) is 0 Å². The molecule has 0 aliphatic rings. The van der Waals surface area contributed by atoms with Crippen LogP contribution in [0.2, 0.25) is 0 Å². The number of nitrogens with zero attached hydrogens (tertiary/aromatic N) is 1. The summed E-state index contributed by atoms with van der Waals surface area (Å²) in [6, 6.07) is 14.5. The molecule has 0 heterocycles. The number of carbonyl (C=O) groups excluding carboxylic acids is 2. The van der Waals surface area contributed by atoms with E-state index in [1.54, 1.807) is 36.4 Å². The van der Waals surface area contributed by atoms with E-state index in [-0.39, 0.29) is 5.78 Å². The second-order valence-corrected chi connectivity index (χ2v) is 4.16. The summed E-state index contributed by atoms with van der Waals surface area (Å²) in [5.41, 5.74) is 1.40. The molecular weight excluding hydrogens is 254 g/mol. The average molecular weight is 265 g/mol. The fourth-order valence-corrected chi connectivity index (χ4v) is 1.60. The highest BCUT2D eigenvalue weighted by molar-refractivity contribution is 5.94. The van der Waals surface area contributed by atoms with Crippen LogP contribution in [-0.2, 0) is 0 Å². The van der Waals surface area contributed by atoms with Gasteiger partial charge in [0.05, 0.1) is 17.2 Å². The van der Waals surface area contributed by atoms with E-state index in [9.17, 15) is 9.59 Å². The number of hydrogen-bond acceptors (Lipinski definition) is 4. The Balaban J connectivity index is 2.10. The van der Waals surface area contributed by atoms with Gasteiger partial charge in [0.2, 0.25) is 0 Å². The molecule has 0 atom stereocenters. The lowest BCUT2D eigenvalue weighted by atomic mass is 10.1. The molecule has 2 aromatic carbocycles. The molecule has 0 aliphatic heterocycles. The van der Waals surface area contributed by atoms with E-state index in [1.807, 2.05) is 6.07 Å². The molecule has 0 saturated heterocycles. The van der Waals surface area contributed by atoms with Crippen LogP contribution in [0.1, 0.15) is 33.2 Å². The first-order chi connectivity index (χ1) is 9.60. The monoisotopic (exact) mass is 265 g/mol. The normalized spacial score (nSPS) is 9.60. The fraction of sp³-hybridized carbons (Fsp3) is 0.0625. The summed E-state index contributed by atoms with van der Waals surface area (Å²) in [7, 11) is 0. The van der Waals surface area contributed by atoms with E-state index in [0.717, 1.165) is 0 Å². The number of Topliss-reactive ketones (excluding diaryl/α,β-unsaturated/α-hetero) is 1. The Morgan fingerprint density at radius 3 is 2.00 bits per heavy atom. The molecule has 0 unspecified atom stereocenters. The van der Waals surface area contributed by atoms with Crippen molar-refractivity contribution in [3.05, 3.63) is 65.2 Å². The highest BCUT2D eigenvalue weighted by Crippen LogP contribution is 2.15. The highest BCUT2D eigenvalue weighted by Gasteiger charge is 2.09. The zero-order valence-electron chi connectivity index (χ0n) is 10.8. The van der Waals surface area contributed by atoms with Gasteiger partial charge in [0, 0.05) is 5.56 Å². The van der Waals surface area contributed by atoms with Gasteiger partial charge in [-0.1, -0.05) is 0 Å². The van der Waals surface area contributed by atoms with Gasteiger partial charge in [0.25, 0.3) is 0 Å². The van der Waals surface area contributed by atoms with Crippen molar-refractivity contribution < 1.29 is 14.3 Å². The third kappa shape index (κ3) is 3.09. The van der Waals surface area contributed by atoms with E-state index in [0.29, 0.717) is 22.4 Å². The second-order valence-electron chi connectivity index (χ2n) is 4.16. The van der Waals surface area contributed by atoms with Crippen LogP contribution >= 0.6 is 0 Å². The number of ketones is 1. The van der Waals surface area contributed by atoms with E-state index < -0.39 is 5.97 Å². The van der Waals surface area contributed by atoms with Crippen LogP contribution in [0.3, 0.4) is 0 Å². The molecule has 0 aromatic heterocycles. The van der Waals surface area contributed by atoms with Gasteiger partial charge in [0.1, 0.15) is 5.75 Å². The zero-order chi connectivity index (χ0) is 14.5. The van der Waals surface area contributed by atoms with E-state index in [1.165, 1.54) is 19.1 Å². The summed E-state index contributed by atoms with van der Waals surface area (Å²) in [6.07, 6.45) is 0. The highest BCUT2D eigenvalue weighted by atomic mass is 16.5. The largest absolute Gasteiger partial charge is 0.423 e. The maximum Gasteiger partial charge on any atom is 0.343 e. The van der Waals surface area contributed by atoms with Gasteiger partial charge in [0.15, 0.2) is 5.78 Å². The molecule has 0 spiro atoms. The summed E-state index contributed by atoms with van der Waals surface area (Å²) in [4.78, 5) is 23.0. The maximum atomic E-state index is 11.9. The van der Waals surface area contributed by atoms with Crippen molar-refractivity contribution in [2.75, 3.05) is 0 Å². The minimum atomic E-state index is -0.509. The van der Waals surface area contributed by atoms with Crippen molar-refractivity contribution in [2.24, 2.45) is 0 Å². The standard InChI is InChI=1S/C16H11NO3/c1-11(18)13-6-8-15(9-7-13)20-16(19)14-4-2-12(10-17)3-5-14/h2-9H,1H3. The lowest BCUT2D eigenvalue weighted by molar-refractivity contribution is 0.0734. The van der Waals surface area contributed by atoms with Crippen LogP contribution < -0.4 is 4.74 Å². The lowest BCUT2D eigenvalue weighted by Crippen LogP contribution is -2.08. The Morgan fingerprint density at radius 1 is 0.950 bits per heavy atom. The first-order valence-corrected chi connectivity index (χ1v) is 5.93. The Hall–Kier alpha value is -2.93. The smallest absolute Gasteiger partial charge is 0.343 e. The lowest BCUT2D eigenvalue weighted by Gasteiger charge is -2.04. The molecule has 0 aliphatic carbocycles. The summed E-state index contributed by atoms with van der Waals surface area (Å²) in [6.45, 7) is 1.47. The molecule has 20 heavy (non-hydrogen) atoms. The minimum absolute atomic E-state index is 0.0463. The minimum Gasteiger partial charge on any atom is -0.423 e. The predicted molar refractivity (Wildman–Crippen MR) is 72.6 cm³/mol. The molecule has 4 heteroatoms. The van der Waals surface area contributed by atoms with Crippen LogP contribution in [0, 0.1) is 11.3 Å². The van der Waals surface area contributed by atoms with Gasteiger partial charge in [-0.2, -0.15) is 5.26 Å². The van der Waals surface area contributed by atoms with Gasteiger partial charge in [-0.3, -0.25) is 4.79 Å². The van der Waals surface area contributed by atoms with E-state index >= 15 is 0 Å². The summed E-state index contributed by atoms with van der Waals surface area (Å²) in [5, 5.41) is 8.68. The fourth-order valence-electron chi connectivity index (χ4n) is 1.60. The molecule has 0 saturated carbocycles. The van der Waals surface area contributed by atoms with Crippen molar-refractivity contribution in [1.29, 1.82) is 5.26 Å². The van der Waals surface area contributed by atoms with Gasteiger partial charge in [-0.05, 0) is 55.5 Å². The Kier molecular flexibility index (Phi) is 3.92. The predicted octanol–water partition coefficient (Wildman–Crippen LogP) is 2.98. The molecule has 2 aromatic rings. The summed E-state index contributed by atoms with van der Waals surface area (Å²) < 4.78 is 5.18. The number of esters is 1. The van der Waals surface area contributed by atoms with Crippen molar-refractivity contribution >= 4 is 11.8 Å². The Labute approximate surface area is 116 Å². The molecule has 2 rings (SSSR count). The van der Waals surface area contributed by atoms with Crippen molar-refractivity contribution in [2.45, 2.75) is 6.92 Å². The molecule has 0 bridgehead atoms. The SMILES string of the molecule is CC(=O)c1ccc(OC(=O)c2ccc(C#N)cc2)cc1. The van der Waals surface area contributed by atoms with Crippen molar-refractivity contribution in [3.8, 4) is 11.8 Å². The number of carbonyl (C=O) groups is 2. The van der Waals surface area contributed by atoms with E-state index in [4.69, 9.17) is 10.00 Å². The third-order valence-corrected chi connectivity index (χ3v) is 2.72. The number of benzene rings is 2. The Morgan fingerprint density at radius 2 is 1.50 bits per heavy atom. The van der Waals surface area contributed by atoms with Crippen LogP contribution in [0.4, 0.5) is 0 Å². The topological polar surface area (TPSA) is 67.2 Å². The van der Waals surface area contributed by atoms with Crippen LogP contribution in [0.15, 0.2) is 48.5 Å². The van der Waals surface area contributed by atoms with Crippen molar-refractivity contribution in [1.82, 2.24) is 0 Å². The van der Waals surface area contributed by atoms with Gasteiger partial charge >= 0.3 is 5.97 Å². The van der Waals surface area contributed by atoms with Crippen molar-refractivity contribution in [3.63, 3.8) is 0 Å². The molecule has 0 fully saturated rings. The van der Waals surface area contributed by atoms with Gasteiger partial charge < -0.3 is 4.74 Å². The zero-order valence-corrected chi connectivity index (χ0v) is 10.8.